The zero-order chi connectivity index (χ0) is 31.8. The molecule has 0 radical (unpaired) electrons. The number of hydrogen-bond donors (Lipinski definition) is 5. The number of aromatic carboxylic acids is 2. The van der Waals surface area contributed by atoms with E-state index in [9.17, 15) is 34.2 Å². The van der Waals surface area contributed by atoms with Crippen molar-refractivity contribution in [3.63, 3.8) is 0 Å². The Morgan fingerprint density at radius 3 is 1.61 bits per heavy atom. The van der Waals surface area contributed by atoms with E-state index in [1.165, 1.54) is 54.6 Å². The van der Waals surface area contributed by atoms with E-state index < -0.39 is 23.8 Å². The van der Waals surface area contributed by atoms with Crippen LogP contribution in [-0.4, -0.2) is 40.4 Å². The van der Waals surface area contributed by atoms with Crippen LogP contribution in [0.25, 0.3) is 0 Å². The molecule has 0 spiro atoms. The molecule has 0 aliphatic carbocycles. The van der Waals surface area contributed by atoms with E-state index in [0.717, 1.165) is 0 Å². The van der Waals surface area contributed by atoms with Gasteiger partial charge in [-0.15, -0.1) is 12.8 Å². The van der Waals surface area contributed by atoms with E-state index in [1.807, 2.05) is 0 Å². The van der Waals surface area contributed by atoms with E-state index in [-0.39, 0.29) is 50.5 Å². The monoisotopic (exact) mass is 587 g/mol. The summed E-state index contributed by atoms with van der Waals surface area (Å²) in [6.07, 6.45) is 11.3. The van der Waals surface area contributed by atoms with E-state index in [0.29, 0.717) is 17.8 Å². The summed E-state index contributed by atoms with van der Waals surface area (Å²) in [7, 11) is 0. The number of ether oxygens (including phenoxy) is 1. The SMILES string of the molecule is C#Cc1ccc(C(=O)Nc2ccc(Oc3ccc(NC=O)cc3)cc2NC(=O)c2ccc(C#C)cc2C(=O)O)c(C(=O)O)c1. The maximum Gasteiger partial charge on any atom is 0.336 e. The molecular weight excluding hydrogens is 566 g/mol. The molecule has 11 nitrogen and oxygen atoms in total. The minimum atomic E-state index is -1.39. The fourth-order valence-corrected chi connectivity index (χ4v) is 4.02. The zero-order valence-corrected chi connectivity index (χ0v) is 22.6. The Morgan fingerprint density at radius 1 is 0.636 bits per heavy atom. The second-order valence-electron chi connectivity index (χ2n) is 8.92. The largest absolute Gasteiger partial charge is 0.478 e. The highest BCUT2D eigenvalue weighted by atomic mass is 16.5. The van der Waals surface area contributed by atoms with Crippen LogP contribution in [0.5, 0.6) is 11.5 Å². The first-order chi connectivity index (χ1) is 21.1. The highest BCUT2D eigenvalue weighted by molar-refractivity contribution is 6.15. The van der Waals surface area contributed by atoms with Gasteiger partial charge in [0.2, 0.25) is 6.41 Å². The number of amides is 3. The molecule has 0 heterocycles. The zero-order valence-electron chi connectivity index (χ0n) is 22.6. The van der Waals surface area contributed by atoms with Gasteiger partial charge in [-0.3, -0.25) is 14.4 Å². The number of carboxylic acids is 2. The number of rotatable bonds is 10. The summed E-state index contributed by atoms with van der Waals surface area (Å²) in [4.78, 5) is 60.9. The van der Waals surface area contributed by atoms with Gasteiger partial charge in [0.05, 0.1) is 33.6 Å². The molecule has 0 aliphatic rings. The molecule has 5 N–H and O–H groups in total. The minimum Gasteiger partial charge on any atom is -0.478 e. The van der Waals surface area contributed by atoms with Gasteiger partial charge in [0.1, 0.15) is 11.5 Å². The summed E-state index contributed by atoms with van der Waals surface area (Å²) in [6, 6.07) is 18.3. The first kappa shape index (κ1) is 30.1. The Bertz CT molecular complexity index is 1900. The van der Waals surface area contributed by atoms with Crippen LogP contribution in [0, 0.1) is 24.7 Å². The fourth-order valence-electron chi connectivity index (χ4n) is 4.02. The highest BCUT2D eigenvalue weighted by Crippen LogP contribution is 2.32. The number of benzene rings is 4. The quantitative estimate of drug-likeness (QED) is 0.129. The Kier molecular flexibility index (Phi) is 9.04. The molecule has 4 aromatic carbocycles. The van der Waals surface area contributed by atoms with Crippen molar-refractivity contribution < 1.29 is 38.9 Å². The van der Waals surface area contributed by atoms with Crippen LogP contribution < -0.4 is 20.7 Å². The van der Waals surface area contributed by atoms with Crippen LogP contribution >= 0.6 is 0 Å². The first-order valence-corrected chi connectivity index (χ1v) is 12.6. The van der Waals surface area contributed by atoms with Crippen LogP contribution in [0.3, 0.4) is 0 Å². The summed E-state index contributed by atoms with van der Waals surface area (Å²) in [5, 5.41) is 26.9. The standard InChI is InChI=1S/C33H21N3O8/c1-3-19-5-12-24(26(15-19)32(40)41)30(38)35-28-14-11-23(44-22-9-7-21(8-10-22)34-18-37)17-29(28)36-31(39)25-13-6-20(4-2)16-27(25)33(42)43/h1-2,5-18H,(H,34,37)(H,35,38)(H,36,39)(H,40,41)(H,42,43). The predicted molar refractivity (Wildman–Crippen MR) is 161 cm³/mol. The van der Waals surface area contributed by atoms with Crippen LogP contribution in [0.15, 0.2) is 78.9 Å². The molecule has 0 saturated carbocycles. The maximum absolute atomic E-state index is 13.3. The number of terminal acetylenes is 2. The van der Waals surface area contributed by atoms with Gasteiger partial charge >= 0.3 is 11.9 Å². The fraction of sp³-hybridized carbons (Fsp3) is 0. The average molecular weight is 588 g/mol. The third-order valence-electron chi connectivity index (χ3n) is 6.13. The Morgan fingerprint density at radius 2 is 1.14 bits per heavy atom. The van der Waals surface area contributed by atoms with Gasteiger partial charge in [0, 0.05) is 22.9 Å². The lowest BCUT2D eigenvalue weighted by Gasteiger charge is -2.16. The van der Waals surface area contributed by atoms with Crippen molar-refractivity contribution in [2.24, 2.45) is 0 Å². The molecule has 0 aliphatic heterocycles. The van der Waals surface area contributed by atoms with Gasteiger partial charge < -0.3 is 30.9 Å². The molecule has 4 aromatic rings. The van der Waals surface area contributed by atoms with E-state index in [2.05, 4.69) is 27.8 Å². The second-order valence-corrected chi connectivity index (χ2v) is 8.92. The normalized spacial score (nSPS) is 9.95. The molecule has 0 aromatic heterocycles. The molecule has 216 valence electrons. The lowest BCUT2D eigenvalue weighted by atomic mass is 10.0. The van der Waals surface area contributed by atoms with Gasteiger partial charge in [-0.2, -0.15) is 0 Å². The van der Waals surface area contributed by atoms with Gasteiger partial charge in [-0.1, -0.05) is 11.8 Å². The molecule has 0 atom stereocenters. The smallest absolute Gasteiger partial charge is 0.336 e. The van der Waals surface area contributed by atoms with E-state index in [4.69, 9.17) is 17.6 Å². The molecule has 0 fully saturated rings. The summed E-state index contributed by atoms with van der Waals surface area (Å²) in [5.74, 6) is 0.773. The van der Waals surface area contributed by atoms with Gasteiger partial charge in [-0.25, -0.2) is 9.59 Å². The van der Waals surface area contributed by atoms with Crippen molar-refractivity contribution in [1.29, 1.82) is 0 Å². The van der Waals surface area contributed by atoms with Crippen molar-refractivity contribution in [3.05, 3.63) is 112 Å². The summed E-state index contributed by atoms with van der Waals surface area (Å²) >= 11 is 0. The number of carboxylic acid groups (broad SMARTS) is 2. The first-order valence-electron chi connectivity index (χ1n) is 12.6. The lowest BCUT2D eigenvalue weighted by molar-refractivity contribution is -0.105. The number of hydrogen-bond acceptors (Lipinski definition) is 6. The second kappa shape index (κ2) is 13.2. The molecule has 44 heavy (non-hydrogen) atoms. The van der Waals surface area contributed by atoms with E-state index >= 15 is 0 Å². The minimum absolute atomic E-state index is 0.00502. The van der Waals surface area contributed by atoms with Crippen LogP contribution in [0.4, 0.5) is 17.1 Å². The molecular formula is C33H21N3O8. The average Bonchev–Trinajstić information content (AvgIpc) is 3.02. The summed E-state index contributed by atoms with van der Waals surface area (Å²) in [5.41, 5.74) is -0.0251. The van der Waals surface area contributed by atoms with Crippen molar-refractivity contribution >= 4 is 47.2 Å². The summed E-state index contributed by atoms with van der Waals surface area (Å²) < 4.78 is 5.86. The molecule has 0 unspecified atom stereocenters. The van der Waals surface area contributed by atoms with Gasteiger partial charge in [0.15, 0.2) is 0 Å². The third kappa shape index (κ3) is 6.89. The molecule has 11 heteroatoms. The van der Waals surface area contributed by atoms with Crippen molar-refractivity contribution in [2.75, 3.05) is 16.0 Å². The lowest BCUT2D eigenvalue weighted by Crippen LogP contribution is -2.20. The Hall–Kier alpha value is -6.85. The molecule has 0 saturated heterocycles. The predicted octanol–water partition coefficient (Wildman–Crippen LogP) is 4.91. The summed E-state index contributed by atoms with van der Waals surface area (Å²) in [6.45, 7) is 0. The third-order valence-corrected chi connectivity index (χ3v) is 6.13. The number of nitrogens with one attached hydrogen (secondary N) is 3. The number of anilines is 3. The van der Waals surface area contributed by atoms with Gasteiger partial charge in [0.25, 0.3) is 11.8 Å². The molecule has 4 rings (SSSR count). The number of carbonyl (C=O) groups is 5. The highest BCUT2D eigenvalue weighted by Gasteiger charge is 2.21. The van der Waals surface area contributed by atoms with Gasteiger partial charge in [-0.05, 0) is 72.8 Å². The van der Waals surface area contributed by atoms with Crippen LogP contribution in [-0.2, 0) is 4.79 Å². The Balaban J connectivity index is 1.72. The van der Waals surface area contributed by atoms with Crippen LogP contribution in [0.2, 0.25) is 0 Å². The van der Waals surface area contributed by atoms with E-state index in [1.54, 1.807) is 24.3 Å². The van der Waals surface area contributed by atoms with Crippen molar-refractivity contribution in [3.8, 4) is 36.2 Å². The van der Waals surface area contributed by atoms with Crippen molar-refractivity contribution in [1.82, 2.24) is 0 Å². The molecule has 3 amide bonds. The molecule has 0 bridgehead atoms. The van der Waals surface area contributed by atoms with Crippen molar-refractivity contribution in [2.45, 2.75) is 0 Å². The maximum atomic E-state index is 13.3. The number of carbonyl (C=O) groups excluding carboxylic acids is 3. The van der Waals surface area contributed by atoms with Crippen LogP contribution in [0.1, 0.15) is 52.6 Å². The Labute approximate surface area is 250 Å². The topological polar surface area (TPSA) is 171 Å².